The number of aliphatic carboxylic acids is 1. The summed E-state index contributed by atoms with van der Waals surface area (Å²) in [6.45, 7) is 3.71. The summed E-state index contributed by atoms with van der Waals surface area (Å²) in [4.78, 5) is 10.7. The van der Waals surface area contributed by atoms with Crippen molar-refractivity contribution in [3.63, 3.8) is 0 Å². The van der Waals surface area contributed by atoms with Gasteiger partial charge >= 0.3 is 5.97 Å². The Morgan fingerprint density at radius 1 is 1.18 bits per heavy atom. The maximum Gasteiger partial charge on any atom is 0.320 e. The molecule has 1 unspecified atom stereocenters. The van der Waals surface area contributed by atoms with Gasteiger partial charge in [0.1, 0.15) is 6.04 Å². The topological polar surface area (TPSA) is 88.0 Å². The van der Waals surface area contributed by atoms with E-state index >= 15 is 0 Å². The molecule has 0 bridgehead atoms. The molecule has 0 aromatic heterocycles. The van der Waals surface area contributed by atoms with Crippen LogP contribution in [0.5, 0.6) is 0 Å². The van der Waals surface area contributed by atoms with Gasteiger partial charge in [0.2, 0.25) is 0 Å². The molecule has 3 N–H and O–H groups in total. The van der Waals surface area contributed by atoms with Crippen LogP contribution in [0.25, 0.3) is 6.08 Å². The van der Waals surface area contributed by atoms with Gasteiger partial charge in [0.05, 0.1) is 11.4 Å². The van der Waals surface area contributed by atoms with Crippen molar-refractivity contribution in [2.24, 2.45) is 16.0 Å². The van der Waals surface area contributed by atoms with Crippen molar-refractivity contribution in [2.45, 2.75) is 12.5 Å². The molecular weight excluding hydrogens is 278 g/mol. The van der Waals surface area contributed by atoms with Crippen LogP contribution in [0.1, 0.15) is 11.1 Å². The molecule has 2 aromatic rings. The Balaban J connectivity index is 2.05. The first-order valence-electron chi connectivity index (χ1n) is 6.80. The number of hydrogen-bond donors (Lipinski definition) is 2. The quantitative estimate of drug-likeness (QED) is 0.796. The van der Waals surface area contributed by atoms with Crippen LogP contribution >= 0.6 is 0 Å². The van der Waals surface area contributed by atoms with E-state index in [1.807, 2.05) is 24.3 Å². The molecule has 22 heavy (non-hydrogen) atoms. The van der Waals surface area contributed by atoms with Crippen LogP contribution in [0.3, 0.4) is 0 Å². The fraction of sp³-hybridized carbons (Fsp3) is 0.118. The molecule has 0 amide bonds. The third kappa shape index (κ3) is 4.36. The molecule has 0 aliphatic carbocycles. The van der Waals surface area contributed by atoms with E-state index in [4.69, 9.17) is 10.8 Å². The summed E-state index contributed by atoms with van der Waals surface area (Å²) in [5.41, 5.74) is 8.77. The summed E-state index contributed by atoms with van der Waals surface area (Å²) in [5, 5.41) is 17.1. The summed E-state index contributed by atoms with van der Waals surface area (Å²) in [6, 6.07) is 13.8. The number of carboxylic acids is 1. The average molecular weight is 295 g/mol. The van der Waals surface area contributed by atoms with E-state index < -0.39 is 12.0 Å². The number of hydrogen-bond acceptors (Lipinski definition) is 4. The van der Waals surface area contributed by atoms with Gasteiger partial charge in [0, 0.05) is 0 Å². The Morgan fingerprint density at radius 2 is 1.86 bits per heavy atom. The molecule has 5 nitrogen and oxygen atoms in total. The normalized spacial score (nSPS) is 12.2. The lowest BCUT2D eigenvalue weighted by atomic mass is 10.1. The lowest BCUT2D eigenvalue weighted by Crippen LogP contribution is -2.32. The first-order valence-corrected chi connectivity index (χ1v) is 6.80. The van der Waals surface area contributed by atoms with Gasteiger partial charge < -0.3 is 10.8 Å². The summed E-state index contributed by atoms with van der Waals surface area (Å²) in [5.74, 6) is -1.01. The molecule has 2 aromatic carbocycles. The summed E-state index contributed by atoms with van der Waals surface area (Å²) in [7, 11) is 0. The van der Waals surface area contributed by atoms with Gasteiger partial charge in [-0.3, -0.25) is 4.79 Å². The molecule has 112 valence electrons. The average Bonchev–Trinajstić information content (AvgIpc) is 2.54. The van der Waals surface area contributed by atoms with Crippen LogP contribution in [0, 0.1) is 0 Å². The van der Waals surface area contributed by atoms with Gasteiger partial charge in [0.15, 0.2) is 0 Å². The van der Waals surface area contributed by atoms with Gasteiger partial charge in [-0.1, -0.05) is 36.9 Å². The second kappa shape index (κ2) is 7.28. The van der Waals surface area contributed by atoms with E-state index in [9.17, 15) is 4.79 Å². The number of carboxylic acid groups (broad SMARTS) is 1. The number of azo groups is 1. The molecule has 0 saturated carbocycles. The van der Waals surface area contributed by atoms with Gasteiger partial charge in [0.25, 0.3) is 0 Å². The minimum absolute atomic E-state index is 0.286. The third-order valence-electron chi connectivity index (χ3n) is 3.10. The van der Waals surface area contributed by atoms with Crippen LogP contribution in [0.15, 0.2) is 65.3 Å². The first-order chi connectivity index (χ1) is 10.6. The monoisotopic (exact) mass is 295 g/mol. The van der Waals surface area contributed by atoms with E-state index in [2.05, 4.69) is 16.8 Å². The maximum absolute atomic E-state index is 10.7. The summed E-state index contributed by atoms with van der Waals surface area (Å²) >= 11 is 0. The molecule has 1 atom stereocenters. The zero-order valence-corrected chi connectivity index (χ0v) is 12.0. The highest BCUT2D eigenvalue weighted by atomic mass is 16.4. The molecule has 0 saturated heterocycles. The highest BCUT2D eigenvalue weighted by Gasteiger charge is 2.11. The molecular formula is C17H17N3O2. The number of nitrogens with two attached hydrogens (primary N) is 1. The maximum atomic E-state index is 10.7. The standard InChI is InChI=1S/C17H17N3O2/c1-2-12-4-3-5-15(10-12)20-19-14-8-6-13(7-9-14)11-16(18)17(21)22/h2-10,16H,1,11,18H2,(H,21,22). The Labute approximate surface area is 128 Å². The van der Waals surface area contributed by atoms with E-state index in [1.54, 1.807) is 30.3 Å². The van der Waals surface area contributed by atoms with Crippen LogP contribution in [0.4, 0.5) is 11.4 Å². The predicted molar refractivity (Wildman–Crippen MR) is 86.5 cm³/mol. The van der Waals surface area contributed by atoms with E-state index in [-0.39, 0.29) is 6.42 Å². The molecule has 0 spiro atoms. The second-order valence-electron chi connectivity index (χ2n) is 4.81. The Bertz CT molecular complexity index is 693. The molecule has 2 rings (SSSR count). The van der Waals surface area contributed by atoms with E-state index in [0.29, 0.717) is 5.69 Å². The van der Waals surface area contributed by atoms with E-state index in [1.165, 1.54) is 0 Å². The van der Waals surface area contributed by atoms with Crippen molar-refractivity contribution in [3.8, 4) is 0 Å². The smallest absolute Gasteiger partial charge is 0.320 e. The molecule has 0 aliphatic heterocycles. The van der Waals surface area contributed by atoms with Crippen LogP contribution < -0.4 is 5.73 Å². The molecule has 0 radical (unpaired) electrons. The summed E-state index contributed by atoms with van der Waals surface area (Å²) in [6.07, 6.45) is 2.04. The van der Waals surface area contributed by atoms with Gasteiger partial charge in [-0.25, -0.2) is 0 Å². The number of rotatable bonds is 6. The number of nitrogens with zero attached hydrogens (tertiary/aromatic N) is 2. The van der Waals surface area contributed by atoms with Crippen molar-refractivity contribution in [3.05, 3.63) is 66.2 Å². The van der Waals surface area contributed by atoms with Crippen molar-refractivity contribution in [1.29, 1.82) is 0 Å². The minimum Gasteiger partial charge on any atom is -0.480 e. The Kier molecular flexibility index (Phi) is 5.16. The number of carbonyl (C=O) groups is 1. The molecule has 0 heterocycles. The second-order valence-corrected chi connectivity index (χ2v) is 4.81. The van der Waals surface area contributed by atoms with Crippen LogP contribution in [-0.2, 0) is 11.2 Å². The van der Waals surface area contributed by atoms with Crippen LogP contribution in [0.2, 0.25) is 0 Å². The lowest BCUT2D eigenvalue weighted by Gasteiger charge is -2.06. The molecule has 0 aliphatic rings. The highest BCUT2D eigenvalue weighted by molar-refractivity contribution is 5.73. The zero-order valence-electron chi connectivity index (χ0n) is 12.0. The van der Waals surface area contributed by atoms with Crippen molar-refractivity contribution in [2.75, 3.05) is 0 Å². The van der Waals surface area contributed by atoms with E-state index in [0.717, 1.165) is 16.8 Å². The van der Waals surface area contributed by atoms with Crippen molar-refractivity contribution >= 4 is 23.4 Å². The number of benzene rings is 2. The Hall–Kier alpha value is -2.79. The lowest BCUT2D eigenvalue weighted by molar-refractivity contribution is -0.138. The third-order valence-corrected chi connectivity index (χ3v) is 3.10. The van der Waals surface area contributed by atoms with Crippen LogP contribution in [-0.4, -0.2) is 17.1 Å². The fourth-order valence-electron chi connectivity index (χ4n) is 1.87. The predicted octanol–water partition coefficient (Wildman–Crippen LogP) is 3.70. The SMILES string of the molecule is C=Cc1cccc(N=Nc2ccc(CC(N)C(=O)O)cc2)c1. The largest absolute Gasteiger partial charge is 0.480 e. The first kappa shape index (κ1) is 15.6. The van der Waals surface area contributed by atoms with Gasteiger partial charge in [-0.15, -0.1) is 0 Å². The fourth-order valence-corrected chi connectivity index (χ4v) is 1.87. The van der Waals surface area contributed by atoms with Crippen molar-refractivity contribution in [1.82, 2.24) is 0 Å². The van der Waals surface area contributed by atoms with Crippen molar-refractivity contribution < 1.29 is 9.90 Å². The minimum atomic E-state index is -1.01. The molecule has 5 heteroatoms. The van der Waals surface area contributed by atoms with Gasteiger partial charge in [-0.2, -0.15) is 10.2 Å². The molecule has 0 fully saturated rings. The highest BCUT2D eigenvalue weighted by Crippen LogP contribution is 2.20. The zero-order chi connectivity index (χ0) is 15.9. The summed E-state index contributed by atoms with van der Waals surface area (Å²) < 4.78 is 0. The Morgan fingerprint density at radius 3 is 2.50 bits per heavy atom. The van der Waals surface area contributed by atoms with Gasteiger partial charge in [-0.05, 0) is 41.8 Å².